The molecule has 0 unspecified atom stereocenters. The largest absolute Gasteiger partial charge is 0.334 e. The van der Waals surface area contributed by atoms with E-state index in [1.807, 2.05) is 19.9 Å². The van der Waals surface area contributed by atoms with E-state index < -0.39 is 0 Å². The molecule has 0 saturated carbocycles. The number of aromatic amines is 1. The molecule has 134 valence electrons. The van der Waals surface area contributed by atoms with E-state index in [4.69, 9.17) is 0 Å². The number of benzene rings is 1. The molecule has 2 aromatic rings. The standard InChI is InChI=1S/C19H27N5O/c1-13-10-24(11-16-7-5-4-6-8-16)12-18(13)21-19(25)20-9-17-14(2)22-23-15(17)3/h4-8,13,18H,9-12H2,1-3H3,(H,22,23)(H2,20,21,25)/t13-,18+/m1/s1. The Labute approximate surface area is 149 Å². The van der Waals surface area contributed by atoms with E-state index in [1.165, 1.54) is 5.56 Å². The van der Waals surface area contributed by atoms with Crippen LogP contribution < -0.4 is 10.6 Å². The van der Waals surface area contributed by atoms with E-state index in [9.17, 15) is 4.79 Å². The van der Waals surface area contributed by atoms with Gasteiger partial charge in [0.2, 0.25) is 0 Å². The molecular formula is C19H27N5O. The fraction of sp³-hybridized carbons (Fsp3) is 0.474. The second kappa shape index (κ2) is 7.70. The van der Waals surface area contributed by atoms with Crippen LogP contribution in [0.25, 0.3) is 0 Å². The first kappa shape index (κ1) is 17.5. The summed E-state index contributed by atoms with van der Waals surface area (Å²) in [6.07, 6.45) is 0. The van der Waals surface area contributed by atoms with E-state index in [2.05, 4.69) is 56.9 Å². The number of hydrogen-bond acceptors (Lipinski definition) is 3. The Morgan fingerprint density at radius 3 is 2.72 bits per heavy atom. The molecule has 0 spiro atoms. The van der Waals surface area contributed by atoms with Crippen molar-refractivity contribution < 1.29 is 4.79 Å². The highest BCUT2D eigenvalue weighted by Crippen LogP contribution is 2.19. The lowest BCUT2D eigenvalue weighted by Gasteiger charge is -2.18. The number of rotatable bonds is 5. The summed E-state index contributed by atoms with van der Waals surface area (Å²) < 4.78 is 0. The fourth-order valence-corrected chi connectivity index (χ4v) is 3.45. The lowest BCUT2D eigenvalue weighted by Crippen LogP contribution is -2.45. The summed E-state index contributed by atoms with van der Waals surface area (Å²) in [5.41, 5.74) is 4.30. The third-order valence-corrected chi connectivity index (χ3v) is 4.96. The number of H-pyrrole nitrogens is 1. The number of carbonyl (C=O) groups is 1. The minimum Gasteiger partial charge on any atom is -0.334 e. The second-order valence-corrected chi connectivity index (χ2v) is 7.00. The molecule has 2 atom stereocenters. The van der Waals surface area contributed by atoms with Crippen LogP contribution in [0.5, 0.6) is 0 Å². The first-order valence-electron chi connectivity index (χ1n) is 8.84. The zero-order chi connectivity index (χ0) is 17.8. The van der Waals surface area contributed by atoms with Gasteiger partial charge in [0, 0.05) is 43.5 Å². The molecule has 3 rings (SSSR count). The Kier molecular flexibility index (Phi) is 5.38. The van der Waals surface area contributed by atoms with E-state index >= 15 is 0 Å². The molecule has 25 heavy (non-hydrogen) atoms. The van der Waals surface area contributed by atoms with Crippen LogP contribution in [0.1, 0.15) is 29.4 Å². The van der Waals surface area contributed by atoms with Gasteiger partial charge in [0.1, 0.15) is 0 Å². The Morgan fingerprint density at radius 1 is 1.28 bits per heavy atom. The SMILES string of the molecule is Cc1n[nH]c(C)c1CNC(=O)N[C@H]1CN(Cc2ccccc2)C[C@H]1C. The van der Waals surface area contributed by atoms with Gasteiger partial charge in [-0.15, -0.1) is 0 Å². The van der Waals surface area contributed by atoms with E-state index in [0.717, 1.165) is 36.6 Å². The minimum absolute atomic E-state index is 0.113. The predicted octanol–water partition coefficient (Wildman–Crippen LogP) is 2.35. The van der Waals surface area contributed by atoms with Crippen LogP contribution in [0, 0.1) is 19.8 Å². The highest BCUT2D eigenvalue weighted by Gasteiger charge is 2.30. The van der Waals surface area contributed by atoms with Crippen molar-refractivity contribution in [3.8, 4) is 0 Å². The van der Waals surface area contributed by atoms with Crippen molar-refractivity contribution >= 4 is 6.03 Å². The summed E-state index contributed by atoms with van der Waals surface area (Å²) in [6, 6.07) is 10.5. The maximum absolute atomic E-state index is 12.3. The van der Waals surface area contributed by atoms with Crippen LogP contribution in [0.4, 0.5) is 4.79 Å². The molecule has 1 aliphatic heterocycles. The van der Waals surface area contributed by atoms with E-state index in [-0.39, 0.29) is 12.1 Å². The molecule has 1 saturated heterocycles. The molecular weight excluding hydrogens is 314 g/mol. The van der Waals surface area contributed by atoms with Gasteiger partial charge in [-0.3, -0.25) is 10.00 Å². The summed E-state index contributed by atoms with van der Waals surface area (Å²) in [4.78, 5) is 14.7. The zero-order valence-corrected chi connectivity index (χ0v) is 15.2. The highest BCUT2D eigenvalue weighted by atomic mass is 16.2. The molecule has 0 bridgehead atoms. The van der Waals surface area contributed by atoms with Gasteiger partial charge in [0.25, 0.3) is 0 Å². The van der Waals surface area contributed by atoms with Gasteiger partial charge in [0.15, 0.2) is 0 Å². The Hall–Kier alpha value is -2.34. The van der Waals surface area contributed by atoms with Crippen molar-refractivity contribution in [2.45, 2.75) is 39.9 Å². The fourth-order valence-electron chi connectivity index (χ4n) is 3.45. The van der Waals surface area contributed by atoms with Crippen molar-refractivity contribution in [1.29, 1.82) is 0 Å². The summed E-state index contributed by atoms with van der Waals surface area (Å²) in [5.74, 6) is 0.437. The molecule has 2 heterocycles. The zero-order valence-electron chi connectivity index (χ0n) is 15.2. The Balaban J connectivity index is 1.48. The highest BCUT2D eigenvalue weighted by molar-refractivity contribution is 5.74. The van der Waals surface area contributed by atoms with Crippen molar-refractivity contribution in [3.63, 3.8) is 0 Å². The van der Waals surface area contributed by atoms with Gasteiger partial charge in [-0.1, -0.05) is 37.3 Å². The van der Waals surface area contributed by atoms with E-state index in [0.29, 0.717) is 12.5 Å². The maximum Gasteiger partial charge on any atom is 0.315 e. The topological polar surface area (TPSA) is 73.0 Å². The number of aryl methyl sites for hydroxylation is 2. The number of hydrogen-bond donors (Lipinski definition) is 3. The van der Waals surface area contributed by atoms with Gasteiger partial charge in [-0.2, -0.15) is 5.10 Å². The number of urea groups is 1. The summed E-state index contributed by atoms with van der Waals surface area (Å²) in [5, 5.41) is 13.2. The van der Waals surface area contributed by atoms with Gasteiger partial charge in [0.05, 0.1) is 5.69 Å². The van der Waals surface area contributed by atoms with Gasteiger partial charge in [-0.25, -0.2) is 4.79 Å². The van der Waals surface area contributed by atoms with Crippen LogP contribution in [-0.2, 0) is 13.1 Å². The molecule has 6 heteroatoms. The lowest BCUT2D eigenvalue weighted by atomic mass is 10.1. The summed E-state index contributed by atoms with van der Waals surface area (Å²) in [7, 11) is 0. The monoisotopic (exact) mass is 341 g/mol. The first-order chi connectivity index (χ1) is 12.0. The molecule has 1 aromatic carbocycles. The number of carbonyl (C=O) groups excluding carboxylic acids is 1. The third-order valence-electron chi connectivity index (χ3n) is 4.96. The van der Waals surface area contributed by atoms with Crippen molar-refractivity contribution in [2.75, 3.05) is 13.1 Å². The lowest BCUT2D eigenvalue weighted by molar-refractivity contribution is 0.234. The van der Waals surface area contributed by atoms with Gasteiger partial charge < -0.3 is 10.6 Å². The molecule has 0 radical (unpaired) electrons. The number of aromatic nitrogens is 2. The Morgan fingerprint density at radius 2 is 2.04 bits per heavy atom. The summed E-state index contributed by atoms with van der Waals surface area (Å²) in [6.45, 7) is 9.41. The first-order valence-corrected chi connectivity index (χ1v) is 8.84. The van der Waals surface area contributed by atoms with Crippen LogP contribution in [0.3, 0.4) is 0 Å². The average molecular weight is 341 g/mol. The quantitative estimate of drug-likeness (QED) is 0.782. The number of likely N-dealkylation sites (tertiary alicyclic amines) is 1. The molecule has 1 aromatic heterocycles. The number of nitrogens with zero attached hydrogens (tertiary/aromatic N) is 2. The molecule has 2 amide bonds. The van der Waals surface area contributed by atoms with Crippen molar-refractivity contribution in [3.05, 3.63) is 52.8 Å². The maximum atomic E-state index is 12.3. The minimum atomic E-state index is -0.113. The van der Waals surface area contributed by atoms with Crippen LogP contribution in [-0.4, -0.2) is 40.3 Å². The van der Waals surface area contributed by atoms with E-state index in [1.54, 1.807) is 0 Å². The summed E-state index contributed by atoms with van der Waals surface area (Å²) >= 11 is 0. The predicted molar refractivity (Wildman–Crippen MR) is 98.1 cm³/mol. The van der Waals surface area contributed by atoms with Crippen LogP contribution in [0.15, 0.2) is 30.3 Å². The normalized spacial score (nSPS) is 20.6. The molecule has 0 aliphatic carbocycles. The second-order valence-electron chi connectivity index (χ2n) is 7.00. The van der Waals surface area contributed by atoms with Gasteiger partial charge in [-0.05, 0) is 25.3 Å². The van der Waals surface area contributed by atoms with Crippen LogP contribution >= 0.6 is 0 Å². The van der Waals surface area contributed by atoms with Gasteiger partial charge >= 0.3 is 6.03 Å². The number of nitrogens with one attached hydrogen (secondary N) is 3. The molecule has 6 nitrogen and oxygen atoms in total. The molecule has 3 N–H and O–H groups in total. The average Bonchev–Trinajstić information content (AvgIpc) is 3.09. The van der Waals surface area contributed by atoms with Crippen molar-refractivity contribution in [2.24, 2.45) is 5.92 Å². The molecule has 1 aliphatic rings. The van der Waals surface area contributed by atoms with Crippen LogP contribution in [0.2, 0.25) is 0 Å². The number of amides is 2. The Bertz CT molecular complexity index is 692. The van der Waals surface area contributed by atoms with Crippen molar-refractivity contribution in [1.82, 2.24) is 25.7 Å². The smallest absolute Gasteiger partial charge is 0.315 e. The molecule has 1 fully saturated rings. The third kappa shape index (κ3) is 4.39.